The zero-order valence-corrected chi connectivity index (χ0v) is 8.85. The second kappa shape index (κ2) is 4.26. The molecular weight excluding hydrogens is 207 g/mol. The Morgan fingerprint density at radius 1 is 1.19 bits per heavy atom. The molecular formula is C12H11FN2O. The number of rotatable bonds is 2. The molecule has 2 aromatic rings. The molecule has 0 saturated carbocycles. The topological polar surface area (TPSA) is 34.9 Å². The number of benzene rings is 1. The molecule has 1 heterocycles. The molecule has 0 aliphatic heterocycles. The smallest absolute Gasteiger partial charge is 0.267 e. The van der Waals surface area contributed by atoms with Crippen molar-refractivity contribution < 1.29 is 4.39 Å². The minimum atomic E-state index is -0.284. The third kappa shape index (κ3) is 2.34. The molecule has 3 nitrogen and oxygen atoms in total. The van der Waals surface area contributed by atoms with Gasteiger partial charge in [-0.1, -0.05) is 12.1 Å². The van der Waals surface area contributed by atoms with Crippen LogP contribution in [0.5, 0.6) is 0 Å². The molecule has 1 aromatic heterocycles. The predicted molar refractivity (Wildman–Crippen MR) is 58.7 cm³/mol. The Morgan fingerprint density at radius 2 is 1.88 bits per heavy atom. The molecule has 0 N–H and O–H groups in total. The van der Waals surface area contributed by atoms with Gasteiger partial charge in [0.25, 0.3) is 5.56 Å². The van der Waals surface area contributed by atoms with Crippen LogP contribution in [0.15, 0.2) is 41.2 Å². The van der Waals surface area contributed by atoms with E-state index in [4.69, 9.17) is 0 Å². The number of hydrogen-bond donors (Lipinski definition) is 0. The summed E-state index contributed by atoms with van der Waals surface area (Å²) in [4.78, 5) is 11.5. The Morgan fingerprint density at radius 3 is 2.56 bits per heavy atom. The highest BCUT2D eigenvalue weighted by molar-refractivity contribution is 5.16. The van der Waals surface area contributed by atoms with Crippen LogP contribution in [0.2, 0.25) is 0 Å². The zero-order valence-electron chi connectivity index (χ0n) is 8.85. The molecule has 0 aliphatic carbocycles. The van der Waals surface area contributed by atoms with E-state index in [0.717, 1.165) is 11.3 Å². The fraction of sp³-hybridized carbons (Fsp3) is 0.167. The van der Waals surface area contributed by atoms with Crippen LogP contribution >= 0.6 is 0 Å². The summed E-state index contributed by atoms with van der Waals surface area (Å²) in [5, 5.41) is 4.10. The second-order valence-corrected chi connectivity index (χ2v) is 3.60. The molecule has 82 valence electrons. The molecule has 16 heavy (non-hydrogen) atoms. The first-order chi connectivity index (χ1) is 7.65. The highest BCUT2D eigenvalue weighted by atomic mass is 19.1. The van der Waals surface area contributed by atoms with E-state index in [1.54, 1.807) is 18.2 Å². The van der Waals surface area contributed by atoms with Crippen molar-refractivity contribution in [2.24, 2.45) is 0 Å². The molecule has 0 bridgehead atoms. The summed E-state index contributed by atoms with van der Waals surface area (Å²) < 4.78 is 14.0. The van der Waals surface area contributed by atoms with Gasteiger partial charge in [-0.3, -0.25) is 4.79 Å². The van der Waals surface area contributed by atoms with Crippen molar-refractivity contribution in [3.63, 3.8) is 0 Å². The molecule has 2 rings (SSSR count). The summed E-state index contributed by atoms with van der Waals surface area (Å²) in [5.74, 6) is -0.284. The van der Waals surface area contributed by atoms with Crippen molar-refractivity contribution in [2.75, 3.05) is 0 Å². The summed E-state index contributed by atoms with van der Waals surface area (Å²) in [6.07, 6.45) is 0. The average Bonchev–Trinajstić information content (AvgIpc) is 2.27. The van der Waals surface area contributed by atoms with Crippen molar-refractivity contribution >= 4 is 0 Å². The Labute approximate surface area is 92.2 Å². The lowest BCUT2D eigenvalue weighted by molar-refractivity contribution is 0.615. The summed E-state index contributed by atoms with van der Waals surface area (Å²) in [7, 11) is 0. The van der Waals surface area contributed by atoms with Gasteiger partial charge in [-0.05, 0) is 30.7 Å². The van der Waals surface area contributed by atoms with Crippen molar-refractivity contribution in [2.45, 2.75) is 13.5 Å². The molecule has 0 radical (unpaired) electrons. The van der Waals surface area contributed by atoms with E-state index in [9.17, 15) is 9.18 Å². The van der Waals surface area contributed by atoms with E-state index >= 15 is 0 Å². The number of aromatic nitrogens is 2. The van der Waals surface area contributed by atoms with Crippen LogP contribution in [-0.2, 0) is 6.54 Å². The molecule has 0 fully saturated rings. The molecule has 1 aromatic carbocycles. The van der Waals surface area contributed by atoms with Crippen molar-refractivity contribution in [1.82, 2.24) is 9.78 Å². The minimum Gasteiger partial charge on any atom is -0.268 e. The Hall–Kier alpha value is -1.97. The highest BCUT2D eigenvalue weighted by Crippen LogP contribution is 2.03. The molecule has 0 amide bonds. The van der Waals surface area contributed by atoms with Gasteiger partial charge in [0, 0.05) is 6.07 Å². The SMILES string of the molecule is Cc1ccc(=O)n(Cc2ccc(F)cc2)n1. The van der Waals surface area contributed by atoms with Crippen LogP contribution in [0, 0.1) is 12.7 Å². The van der Waals surface area contributed by atoms with Crippen molar-refractivity contribution in [3.05, 3.63) is 63.8 Å². The minimum absolute atomic E-state index is 0.157. The van der Waals surface area contributed by atoms with Crippen LogP contribution in [0.1, 0.15) is 11.3 Å². The van der Waals surface area contributed by atoms with Crippen molar-refractivity contribution in [3.8, 4) is 0 Å². The van der Waals surface area contributed by atoms with Gasteiger partial charge in [-0.2, -0.15) is 5.10 Å². The van der Waals surface area contributed by atoms with Crippen LogP contribution in [-0.4, -0.2) is 9.78 Å². The standard InChI is InChI=1S/C12H11FN2O/c1-9-2-7-12(16)15(14-9)8-10-3-5-11(13)6-4-10/h2-7H,8H2,1H3. The molecule has 0 spiro atoms. The maximum Gasteiger partial charge on any atom is 0.267 e. The van der Waals surface area contributed by atoms with E-state index in [2.05, 4.69) is 5.10 Å². The van der Waals surface area contributed by atoms with Gasteiger partial charge in [0.2, 0.25) is 0 Å². The first-order valence-electron chi connectivity index (χ1n) is 4.94. The van der Waals surface area contributed by atoms with Gasteiger partial charge in [-0.25, -0.2) is 9.07 Å². The zero-order chi connectivity index (χ0) is 11.5. The van der Waals surface area contributed by atoms with Gasteiger partial charge in [0.15, 0.2) is 0 Å². The second-order valence-electron chi connectivity index (χ2n) is 3.60. The van der Waals surface area contributed by atoms with Crippen LogP contribution in [0.3, 0.4) is 0 Å². The summed E-state index contributed by atoms with van der Waals surface area (Å²) in [6.45, 7) is 2.18. The fourth-order valence-corrected chi connectivity index (χ4v) is 1.43. The average molecular weight is 218 g/mol. The molecule has 0 unspecified atom stereocenters. The van der Waals surface area contributed by atoms with E-state index in [1.165, 1.54) is 22.9 Å². The van der Waals surface area contributed by atoms with Crippen LogP contribution < -0.4 is 5.56 Å². The van der Waals surface area contributed by atoms with Gasteiger partial charge in [0.1, 0.15) is 5.82 Å². The number of nitrogens with zero attached hydrogens (tertiary/aromatic N) is 2. The quantitative estimate of drug-likeness (QED) is 0.769. The maximum absolute atomic E-state index is 12.7. The fourth-order valence-electron chi connectivity index (χ4n) is 1.43. The molecule has 0 atom stereocenters. The molecule has 0 saturated heterocycles. The number of halogens is 1. The first-order valence-corrected chi connectivity index (χ1v) is 4.94. The third-order valence-electron chi connectivity index (χ3n) is 2.25. The predicted octanol–water partition coefficient (Wildman–Crippen LogP) is 1.74. The van der Waals surface area contributed by atoms with Crippen molar-refractivity contribution in [1.29, 1.82) is 0 Å². The lowest BCUT2D eigenvalue weighted by atomic mass is 10.2. The van der Waals surface area contributed by atoms with E-state index in [0.29, 0.717) is 6.54 Å². The lowest BCUT2D eigenvalue weighted by Crippen LogP contribution is -2.22. The van der Waals surface area contributed by atoms with Gasteiger partial charge < -0.3 is 0 Å². The monoisotopic (exact) mass is 218 g/mol. The van der Waals surface area contributed by atoms with Crippen LogP contribution in [0.25, 0.3) is 0 Å². The lowest BCUT2D eigenvalue weighted by Gasteiger charge is -2.04. The Bertz CT molecular complexity index is 546. The largest absolute Gasteiger partial charge is 0.268 e. The van der Waals surface area contributed by atoms with Gasteiger partial charge in [-0.15, -0.1) is 0 Å². The molecule has 0 aliphatic rings. The van der Waals surface area contributed by atoms with Crippen LogP contribution in [0.4, 0.5) is 4.39 Å². The summed E-state index contributed by atoms with van der Waals surface area (Å²) in [5.41, 5.74) is 1.47. The van der Waals surface area contributed by atoms with E-state index < -0.39 is 0 Å². The van der Waals surface area contributed by atoms with E-state index in [-0.39, 0.29) is 11.4 Å². The third-order valence-corrected chi connectivity index (χ3v) is 2.25. The Kier molecular flexibility index (Phi) is 2.81. The highest BCUT2D eigenvalue weighted by Gasteiger charge is 1.99. The Balaban J connectivity index is 2.30. The number of hydrogen-bond acceptors (Lipinski definition) is 2. The van der Waals surface area contributed by atoms with E-state index in [1.807, 2.05) is 6.92 Å². The van der Waals surface area contributed by atoms with Gasteiger partial charge in [0.05, 0.1) is 12.2 Å². The molecule has 4 heteroatoms. The van der Waals surface area contributed by atoms with Gasteiger partial charge >= 0.3 is 0 Å². The maximum atomic E-state index is 12.7. The normalized spacial score (nSPS) is 10.4. The summed E-state index contributed by atoms with van der Waals surface area (Å²) in [6, 6.07) is 9.18. The first kappa shape index (κ1) is 10.5. The summed E-state index contributed by atoms with van der Waals surface area (Å²) >= 11 is 0. The number of aryl methyl sites for hydroxylation is 1.